The fourth-order valence-corrected chi connectivity index (χ4v) is 2.30. The molecule has 0 spiro atoms. The van der Waals surface area contributed by atoms with Gasteiger partial charge >= 0.3 is 6.09 Å². The molecule has 104 valence electrons. The number of fused-ring (bicyclic) bond motifs is 1. The molecule has 1 unspecified atom stereocenters. The maximum absolute atomic E-state index is 11.8. The van der Waals surface area contributed by atoms with Crippen molar-refractivity contribution < 1.29 is 14.3 Å². The predicted octanol–water partition coefficient (Wildman–Crippen LogP) is 3.55. The largest absolute Gasteiger partial charge is 0.439 e. The second-order valence-corrected chi connectivity index (χ2v) is 6.54. The number of benzene rings is 1. The second kappa shape index (κ2) is 5.51. The summed E-state index contributed by atoms with van der Waals surface area (Å²) in [5, 5.41) is 2.78. The summed E-state index contributed by atoms with van der Waals surface area (Å²) < 4.78 is 11.9. The molecule has 0 aliphatic carbocycles. The molecule has 1 aromatic rings. The summed E-state index contributed by atoms with van der Waals surface area (Å²) >= 11 is 3.44. The van der Waals surface area contributed by atoms with Gasteiger partial charge in [-0.15, -0.1) is 0 Å². The molecule has 1 N–H and O–H groups in total. The lowest BCUT2D eigenvalue weighted by atomic mass is 10.0. The lowest BCUT2D eigenvalue weighted by Gasteiger charge is -2.28. The number of hydrogen-bond acceptors (Lipinski definition) is 3. The zero-order chi connectivity index (χ0) is 14.0. The molecule has 0 aromatic heterocycles. The van der Waals surface area contributed by atoms with Gasteiger partial charge in [-0.25, -0.2) is 4.79 Å². The highest BCUT2D eigenvalue weighted by atomic mass is 79.9. The van der Waals surface area contributed by atoms with E-state index in [-0.39, 0.29) is 11.6 Å². The molecule has 1 aliphatic rings. The van der Waals surface area contributed by atoms with Crippen molar-refractivity contribution in [2.45, 2.75) is 39.0 Å². The third kappa shape index (κ3) is 3.94. The standard InChI is InChI=1S/C14H18BrNO3/c1-14(2,3)16-13(17)19-12-8-18-7-9-4-5-10(15)6-11(9)12/h4-6,12H,7-8H2,1-3H3,(H,16,17). The molecule has 1 atom stereocenters. The Morgan fingerprint density at radius 3 is 2.89 bits per heavy atom. The van der Waals surface area contributed by atoms with Crippen LogP contribution in [0.1, 0.15) is 38.0 Å². The van der Waals surface area contributed by atoms with Gasteiger partial charge in [0, 0.05) is 15.6 Å². The molecular weight excluding hydrogens is 310 g/mol. The number of ether oxygens (including phenoxy) is 2. The van der Waals surface area contributed by atoms with Crippen LogP contribution in [0.5, 0.6) is 0 Å². The molecular formula is C14H18BrNO3. The van der Waals surface area contributed by atoms with Gasteiger partial charge in [-0.2, -0.15) is 0 Å². The Labute approximate surface area is 121 Å². The summed E-state index contributed by atoms with van der Waals surface area (Å²) in [7, 11) is 0. The minimum atomic E-state index is -0.422. The van der Waals surface area contributed by atoms with Gasteiger partial charge in [0.2, 0.25) is 0 Å². The molecule has 0 saturated carbocycles. The van der Waals surface area contributed by atoms with Crippen molar-refractivity contribution in [2.24, 2.45) is 0 Å². The topological polar surface area (TPSA) is 47.6 Å². The van der Waals surface area contributed by atoms with Crippen LogP contribution < -0.4 is 5.32 Å². The van der Waals surface area contributed by atoms with E-state index in [1.807, 2.05) is 39.0 Å². The Morgan fingerprint density at radius 2 is 2.21 bits per heavy atom. The van der Waals surface area contributed by atoms with Crippen molar-refractivity contribution >= 4 is 22.0 Å². The van der Waals surface area contributed by atoms with Gasteiger partial charge in [0.25, 0.3) is 0 Å². The molecule has 2 rings (SSSR count). The van der Waals surface area contributed by atoms with Crippen LogP contribution in [0.25, 0.3) is 0 Å². The Morgan fingerprint density at radius 1 is 1.47 bits per heavy atom. The molecule has 0 bridgehead atoms. The quantitative estimate of drug-likeness (QED) is 0.858. The van der Waals surface area contributed by atoms with E-state index < -0.39 is 6.09 Å². The van der Waals surface area contributed by atoms with Crippen molar-refractivity contribution in [2.75, 3.05) is 6.61 Å². The van der Waals surface area contributed by atoms with Crippen LogP contribution >= 0.6 is 15.9 Å². The molecule has 0 fully saturated rings. The first-order chi connectivity index (χ1) is 8.85. The number of halogens is 1. The van der Waals surface area contributed by atoms with E-state index in [2.05, 4.69) is 21.2 Å². The third-order valence-corrected chi connectivity index (χ3v) is 3.20. The first-order valence-corrected chi connectivity index (χ1v) is 6.99. The highest BCUT2D eigenvalue weighted by Gasteiger charge is 2.26. The summed E-state index contributed by atoms with van der Waals surface area (Å²) in [6.07, 6.45) is -0.780. The molecule has 1 aromatic carbocycles. The van der Waals surface area contributed by atoms with E-state index in [1.54, 1.807) is 0 Å². The number of rotatable bonds is 1. The van der Waals surface area contributed by atoms with E-state index in [0.29, 0.717) is 13.2 Å². The van der Waals surface area contributed by atoms with E-state index in [4.69, 9.17) is 9.47 Å². The van der Waals surface area contributed by atoms with Gasteiger partial charge in [0.05, 0.1) is 13.2 Å². The first-order valence-electron chi connectivity index (χ1n) is 6.20. The summed E-state index contributed by atoms with van der Waals surface area (Å²) in [5.74, 6) is 0. The highest BCUT2D eigenvalue weighted by molar-refractivity contribution is 9.10. The predicted molar refractivity (Wildman–Crippen MR) is 75.9 cm³/mol. The summed E-state index contributed by atoms with van der Waals surface area (Å²) in [6.45, 7) is 6.69. The van der Waals surface area contributed by atoms with Gasteiger partial charge in [-0.3, -0.25) is 0 Å². The van der Waals surface area contributed by atoms with E-state index in [0.717, 1.165) is 15.6 Å². The number of carbonyl (C=O) groups excluding carboxylic acids is 1. The Kier molecular flexibility index (Phi) is 4.16. The number of alkyl carbamates (subject to hydrolysis) is 1. The zero-order valence-corrected chi connectivity index (χ0v) is 12.9. The van der Waals surface area contributed by atoms with Crippen LogP contribution in [0.4, 0.5) is 4.79 Å². The van der Waals surface area contributed by atoms with E-state index in [1.165, 1.54) is 0 Å². The minimum absolute atomic E-state index is 0.313. The van der Waals surface area contributed by atoms with Crippen molar-refractivity contribution in [3.63, 3.8) is 0 Å². The average Bonchev–Trinajstić information content (AvgIpc) is 2.27. The van der Waals surface area contributed by atoms with Gasteiger partial charge in [0.1, 0.15) is 0 Å². The van der Waals surface area contributed by atoms with Gasteiger partial charge in [-0.1, -0.05) is 22.0 Å². The lowest BCUT2D eigenvalue weighted by Crippen LogP contribution is -2.42. The zero-order valence-electron chi connectivity index (χ0n) is 11.3. The molecule has 4 nitrogen and oxygen atoms in total. The highest BCUT2D eigenvalue weighted by Crippen LogP contribution is 2.30. The molecule has 1 heterocycles. The molecule has 0 saturated heterocycles. The van der Waals surface area contributed by atoms with Crippen LogP contribution in [0.15, 0.2) is 22.7 Å². The first kappa shape index (κ1) is 14.3. The Balaban J connectivity index is 2.11. The molecule has 1 amide bonds. The Hall–Kier alpha value is -1.07. The maximum Gasteiger partial charge on any atom is 0.408 e. The number of nitrogens with one attached hydrogen (secondary N) is 1. The van der Waals surface area contributed by atoms with Crippen molar-refractivity contribution in [1.82, 2.24) is 5.32 Å². The minimum Gasteiger partial charge on any atom is -0.439 e. The number of carbonyl (C=O) groups is 1. The van der Waals surface area contributed by atoms with Crippen molar-refractivity contribution in [3.05, 3.63) is 33.8 Å². The molecule has 0 radical (unpaired) electrons. The van der Waals surface area contributed by atoms with Gasteiger partial charge in [0.15, 0.2) is 6.10 Å². The average molecular weight is 328 g/mol. The summed E-state index contributed by atoms with van der Waals surface area (Å²) in [4.78, 5) is 11.8. The van der Waals surface area contributed by atoms with Crippen LogP contribution in [0, 0.1) is 0 Å². The Bertz CT molecular complexity index is 482. The van der Waals surface area contributed by atoms with Crippen LogP contribution in [-0.2, 0) is 16.1 Å². The summed E-state index contributed by atoms with van der Waals surface area (Å²) in [6, 6.07) is 5.92. The number of amides is 1. The van der Waals surface area contributed by atoms with Gasteiger partial charge in [-0.05, 0) is 38.5 Å². The second-order valence-electron chi connectivity index (χ2n) is 5.63. The lowest BCUT2D eigenvalue weighted by molar-refractivity contribution is -0.00478. The van der Waals surface area contributed by atoms with E-state index >= 15 is 0 Å². The monoisotopic (exact) mass is 327 g/mol. The fourth-order valence-electron chi connectivity index (χ4n) is 1.93. The fraction of sp³-hybridized carbons (Fsp3) is 0.500. The third-order valence-electron chi connectivity index (χ3n) is 2.71. The van der Waals surface area contributed by atoms with Gasteiger partial charge < -0.3 is 14.8 Å². The number of hydrogen-bond donors (Lipinski definition) is 1. The van der Waals surface area contributed by atoms with Crippen molar-refractivity contribution in [3.8, 4) is 0 Å². The van der Waals surface area contributed by atoms with Crippen LogP contribution in [0.2, 0.25) is 0 Å². The van der Waals surface area contributed by atoms with Crippen LogP contribution in [-0.4, -0.2) is 18.2 Å². The van der Waals surface area contributed by atoms with E-state index in [9.17, 15) is 4.79 Å². The SMILES string of the molecule is CC(C)(C)NC(=O)OC1COCc2ccc(Br)cc21. The van der Waals surface area contributed by atoms with Crippen LogP contribution in [0.3, 0.4) is 0 Å². The molecule has 5 heteroatoms. The molecule has 1 aliphatic heterocycles. The summed E-state index contributed by atoms with van der Waals surface area (Å²) in [5.41, 5.74) is 1.75. The molecule has 19 heavy (non-hydrogen) atoms. The smallest absolute Gasteiger partial charge is 0.408 e. The maximum atomic E-state index is 11.8. The van der Waals surface area contributed by atoms with Crippen molar-refractivity contribution in [1.29, 1.82) is 0 Å². The normalized spacial score (nSPS) is 18.6.